The van der Waals surface area contributed by atoms with Crippen LogP contribution >= 0.6 is 11.3 Å². The molecule has 1 saturated heterocycles. The summed E-state index contributed by atoms with van der Waals surface area (Å²) < 4.78 is 44.2. The number of likely N-dealkylation sites (tertiary alicyclic amines) is 1. The predicted molar refractivity (Wildman–Crippen MR) is 137 cm³/mol. The number of anilines is 1. The van der Waals surface area contributed by atoms with Gasteiger partial charge in [0.1, 0.15) is 5.69 Å². The minimum Gasteiger partial charge on any atom is -0.469 e. The van der Waals surface area contributed by atoms with Gasteiger partial charge in [-0.15, -0.1) is 11.3 Å². The third-order valence-electron chi connectivity index (χ3n) is 6.40. The highest BCUT2D eigenvalue weighted by molar-refractivity contribution is 7.10. The van der Waals surface area contributed by atoms with Crippen LogP contribution in [0.3, 0.4) is 0 Å². The number of rotatable bonds is 7. The van der Waals surface area contributed by atoms with Crippen molar-refractivity contribution < 1.29 is 32.3 Å². The first-order chi connectivity index (χ1) is 18.2. The Hall–Kier alpha value is -3.73. The van der Waals surface area contributed by atoms with E-state index >= 15 is 0 Å². The molecule has 2 aromatic carbocycles. The van der Waals surface area contributed by atoms with Crippen LogP contribution in [0.4, 0.5) is 18.9 Å². The number of ether oxygens (including phenoxy) is 1. The molecule has 1 N–H and O–H groups in total. The number of esters is 1. The number of piperidine rings is 1. The van der Waals surface area contributed by atoms with Crippen molar-refractivity contribution in [2.75, 3.05) is 25.5 Å². The van der Waals surface area contributed by atoms with Crippen molar-refractivity contribution in [2.24, 2.45) is 0 Å². The number of hydrogen-bond donors (Lipinski definition) is 1. The summed E-state index contributed by atoms with van der Waals surface area (Å²) in [7, 11) is 1.29. The zero-order chi connectivity index (χ0) is 27.3. The fourth-order valence-electron chi connectivity index (χ4n) is 4.32. The monoisotopic (exact) mass is 545 g/mol. The van der Waals surface area contributed by atoms with Crippen molar-refractivity contribution in [1.29, 1.82) is 0 Å². The Balaban J connectivity index is 1.39. The van der Waals surface area contributed by atoms with Crippen LogP contribution < -0.4 is 5.32 Å². The second-order valence-electron chi connectivity index (χ2n) is 8.88. The molecule has 0 spiro atoms. The summed E-state index contributed by atoms with van der Waals surface area (Å²) >= 11 is 1.37. The fourth-order valence-corrected chi connectivity index (χ4v) is 5.29. The quantitative estimate of drug-likeness (QED) is 0.383. The Morgan fingerprint density at radius 1 is 1.08 bits per heavy atom. The van der Waals surface area contributed by atoms with Gasteiger partial charge >= 0.3 is 12.1 Å². The second-order valence-corrected chi connectivity index (χ2v) is 9.77. The molecule has 0 aliphatic carbocycles. The van der Waals surface area contributed by atoms with E-state index in [1.165, 1.54) is 24.5 Å². The van der Waals surface area contributed by atoms with Crippen LogP contribution in [0.1, 0.15) is 52.7 Å². The van der Waals surface area contributed by atoms with Gasteiger partial charge in [-0.2, -0.15) is 13.2 Å². The molecule has 0 bridgehead atoms. The van der Waals surface area contributed by atoms with Gasteiger partial charge in [0.25, 0.3) is 5.91 Å². The average molecular weight is 546 g/mol. The number of nitrogens with one attached hydrogen (secondary N) is 1. The molecule has 0 radical (unpaired) electrons. The number of carbonyl (C=O) groups excluding carboxylic acids is 3. The van der Waals surface area contributed by atoms with E-state index in [-0.39, 0.29) is 30.4 Å². The van der Waals surface area contributed by atoms with Crippen molar-refractivity contribution >= 4 is 34.8 Å². The van der Waals surface area contributed by atoms with Gasteiger partial charge in [0.2, 0.25) is 5.91 Å². The summed E-state index contributed by atoms with van der Waals surface area (Å²) in [6.07, 6.45) is -2.93. The maximum atomic E-state index is 13.2. The third-order valence-corrected chi connectivity index (χ3v) is 7.41. The summed E-state index contributed by atoms with van der Waals surface area (Å²) in [6, 6.07) is 11.6. The molecule has 11 heteroatoms. The third kappa shape index (κ3) is 6.58. The van der Waals surface area contributed by atoms with Crippen molar-refractivity contribution in [3.8, 4) is 11.1 Å². The number of benzene rings is 2. The minimum atomic E-state index is -4.47. The van der Waals surface area contributed by atoms with Gasteiger partial charge in [-0.05, 0) is 36.6 Å². The van der Waals surface area contributed by atoms with Crippen molar-refractivity contribution in [2.45, 2.75) is 37.8 Å². The Labute approximate surface area is 221 Å². The topological polar surface area (TPSA) is 88.6 Å². The lowest BCUT2D eigenvalue weighted by Gasteiger charge is -2.31. The normalized spacial score (nSPS) is 14.3. The van der Waals surface area contributed by atoms with Gasteiger partial charge in [-0.1, -0.05) is 30.3 Å². The molecule has 7 nitrogen and oxygen atoms in total. The van der Waals surface area contributed by atoms with E-state index in [0.717, 1.165) is 17.1 Å². The zero-order valence-corrected chi connectivity index (χ0v) is 21.4. The molecule has 2 amide bonds. The van der Waals surface area contributed by atoms with E-state index in [1.807, 2.05) is 0 Å². The van der Waals surface area contributed by atoms with Crippen molar-refractivity contribution in [3.63, 3.8) is 0 Å². The number of aromatic nitrogens is 1. The smallest absolute Gasteiger partial charge is 0.416 e. The number of carbonyl (C=O) groups is 3. The van der Waals surface area contributed by atoms with Gasteiger partial charge in [-0.3, -0.25) is 14.4 Å². The molecule has 2 heterocycles. The highest BCUT2D eigenvalue weighted by atomic mass is 32.1. The summed E-state index contributed by atoms with van der Waals surface area (Å²) in [5.41, 5.74) is 0.635. The largest absolute Gasteiger partial charge is 0.469 e. The summed E-state index contributed by atoms with van der Waals surface area (Å²) in [4.78, 5) is 42.8. The number of alkyl halides is 3. The van der Waals surface area contributed by atoms with E-state index in [1.54, 1.807) is 40.6 Å². The van der Waals surface area contributed by atoms with Gasteiger partial charge in [0.15, 0.2) is 0 Å². The highest BCUT2D eigenvalue weighted by Crippen LogP contribution is 2.35. The zero-order valence-electron chi connectivity index (χ0n) is 20.6. The molecule has 0 unspecified atom stereocenters. The first-order valence-electron chi connectivity index (χ1n) is 12.0. The summed E-state index contributed by atoms with van der Waals surface area (Å²) in [5, 5.41) is 5.24. The number of methoxy groups -OCH3 is 1. The number of halogens is 3. The van der Waals surface area contributed by atoms with Crippen LogP contribution in [0.25, 0.3) is 11.1 Å². The number of thiazole rings is 1. The molecule has 0 atom stereocenters. The summed E-state index contributed by atoms with van der Waals surface area (Å²) in [6.45, 7) is 1.08. The second kappa shape index (κ2) is 11.8. The standard InChI is InChI=1S/C27H26F3N3O4S/c1-37-24(35)10-9-23(34)33-13-11-17(12-14-33)26-32-22(16-38-26)25(36)31-21-8-3-2-7-20(21)18-5-4-6-19(15-18)27(28,29)30/h2-8,15-17H,9-14H2,1H3,(H,31,36). The molecule has 0 saturated carbocycles. The van der Waals surface area contributed by atoms with E-state index < -0.39 is 23.6 Å². The van der Waals surface area contributed by atoms with E-state index in [0.29, 0.717) is 42.7 Å². The summed E-state index contributed by atoms with van der Waals surface area (Å²) in [5.74, 6) is -0.863. The molecule has 4 rings (SSSR count). The Morgan fingerprint density at radius 2 is 1.82 bits per heavy atom. The van der Waals surface area contributed by atoms with Gasteiger partial charge in [-0.25, -0.2) is 4.98 Å². The number of hydrogen-bond acceptors (Lipinski definition) is 6. The fraction of sp³-hybridized carbons (Fsp3) is 0.333. The van der Waals surface area contributed by atoms with Crippen molar-refractivity contribution in [3.05, 3.63) is 70.2 Å². The Morgan fingerprint density at radius 3 is 2.53 bits per heavy atom. The maximum Gasteiger partial charge on any atom is 0.416 e. The number of nitrogens with zero attached hydrogens (tertiary/aromatic N) is 2. The molecule has 3 aromatic rings. The van der Waals surface area contributed by atoms with Crippen LogP contribution in [-0.4, -0.2) is 47.9 Å². The lowest BCUT2D eigenvalue weighted by atomic mass is 9.97. The maximum absolute atomic E-state index is 13.2. The lowest BCUT2D eigenvalue weighted by Crippen LogP contribution is -2.38. The van der Waals surface area contributed by atoms with Crippen LogP contribution in [0, 0.1) is 0 Å². The highest BCUT2D eigenvalue weighted by Gasteiger charge is 2.31. The van der Waals surface area contributed by atoms with Gasteiger partial charge < -0.3 is 15.0 Å². The van der Waals surface area contributed by atoms with Crippen LogP contribution in [-0.2, 0) is 20.5 Å². The Kier molecular flexibility index (Phi) is 8.45. The van der Waals surface area contributed by atoms with Crippen LogP contribution in [0.2, 0.25) is 0 Å². The van der Waals surface area contributed by atoms with Crippen molar-refractivity contribution in [1.82, 2.24) is 9.88 Å². The van der Waals surface area contributed by atoms with Crippen LogP contribution in [0.5, 0.6) is 0 Å². The van der Waals surface area contributed by atoms with Gasteiger partial charge in [0.05, 0.1) is 24.1 Å². The molecule has 1 aromatic heterocycles. The van der Waals surface area contributed by atoms with Crippen LogP contribution in [0.15, 0.2) is 53.9 Å². The molecule has 1 aliphatic heterocycles. The molecular weight excluding hydrogens is 519 g/mol. The lowest BCUT2D eigenvalue weighted by molar-refractivity contribution is -0.143. The molecule has 200 valence electrons. The van der Waals surface area contributed by atoms with Gasteiger partial charge in [0, 0.05) is 42.1 Å². The SMILES string of the molecule is COC(=O)CCC(=O)N1CCC(c2nc(C(=O)Nc3ccccc3-c3cccc(C(F)(F)F)c3)cs2)CC1. The molecule has 1 fully saturated rings. The predicted octanol–water partition coefficient (Wildman–Crippen LogP) is 5.74. The van der Waals surface area contributed by atoms with E-state index in [2.05, 4.69) is 15.0 Å². The average Bonchev–Trinajstić information content (AvgIpc) is 3.42. The Bertz CT molecular complexity index is 1320. The first-order valence-corrected chi connectivity index (χ1v) is 12.9. The number of para-hydroxylation sites is 1. The minimum absolute atomic E-state index is 0.0527. The van der Waals surface area contributed by atoms with E-state index in [9.17, 15) is 27.6 Å². The first kappa shape index (κ1) is 27.3. The molecular formula is C27H26F3N3O4S. The molecule has 38 heavy (non-hydrogen) atoms. The molecule has 1 aliphatic rings. The van der Waals surface area contributed by atoms with E-state index in [4.69, 9.17) is 0 Å². The number of amides is 2.